The number of amides is 1. The molecule has 0 radical (unpaired) electrons. The Kier molecular flexibility index (Phi) is 9.70. The SMILES string of the molecule is CN=C(NCCC1=CCOCC1)N1CCC(NC(=O)OC(C)(C)C)C1.I. The number of halogens is 1. The van der Waals surface area contributed by atoms with Crippen LogP contribution in [0.1, 0.15) is 40.0 Å². The van der Waals surface area contributed by atoms with Crippen LogP contribution in [-0.2, 0) is 9.47 Å². The highest BCUT2D eigenvalue weighted by Gasteiger charge is 2.27. The van der Waals surface area contributed by atoms with E-state index in [0.29, 0.717) is 0 Å². The minimum Gasteiger partial charge on any atom is -0.444 e. The number of alkyl carbamates (subject to hydrolysis) is 1. The summed E-state index contributed by atoms with van der Waals surface area (Å²) in [5, 5.41) is 6.36. The lowest BCUT2D eigenvalue weighted by atomic mass is 10.1. The van der Waals surface area contributed by atoms with E-state index in [2.05, 4.69) is 26.6 Å². The molecule has 2 heterocycles. The topological polar surface area (TPSA) is 75.2 Å². The van der Waals surface area contributed by atoms with E-state index in [9.17, 15) is 4.79 Å². The summed E-state index contributed by atoms with van der Waals surface area (Å²) in [5.74, 6) is 0.890. The van der Waals surface area contributed by atoms with Crippen molar-refractivity contribution in [2.24, 2.45) is 4.99 Å². The number of likely N-dealkylation sites (tertiary alicyclic amines) is 1. The summed E-state index contributed by atoms with van der Waals surface area (Å²) in [7, 11) is 1.80. The number of hydrogen-bond donors (Lipinski definition) is 2. The molecule has 2 N–H and O–H groups in total. The van der Waals surface area contributed by atoms with Gasteiger partial charge < -0.3 is 25.0 Å². The Labute approximate surface area is 174 Å². The molecule has 0 bridgehead atoms. The maximum absolute atomic E-state index is 11.9. The minimum absolute atomic E-state index is 0. The van der Waals surface area contributed by atoms with Gasteiger partial charge in [-0.2, -0.15) is 0 Å². The summed E-state index contributed by atoms with van der Waals surface area (Å²) in [6, 6.07) is 0.0894. The summed E-state index contributed by atoms with van der Waals surface area (Å²) in [6.07, 6.45) is 4.74. The standard InChI is InChI=1S/C18H32N4O3.HI/c1-18(2,3)25-17(23)21-15-6-10-22(13-15)16(19-4)20-9-5-14-7-11-24-12-8-14;/h7,15H,5-6,8-13H2,1-4H3,(H,19,20)(H,21,23);1H. The van der Waals surface area contributed by atoms with Crippen molar-refractivity contribution in [2.75, 3.05) is 39.9 Å². The third-order valence-electron chi connectivity index (χ3n) is 4.21. The Balaban J connectivity index is 0.00000338. The van der Waals surface area contributed by atoms with Gasteiger partial charge in [0.25, 0.3) is 0 Å². The fraction of sp³-hybridized carbons (Fsp3) is 0.778. The van der Waals surface area contributed by atoms with Crippen LogP contribution in [-0.4, -0.2) is 68.5 Å². The summed E-state index contributed by atoms with van der Waals surface area (Å²) in [4.78, 5) is 18.4. The van der Waals surface area contributed by atoms with Crippen LogP contribution < -0.4 is 10.6 Å². The van der Waals surface area contributed by atoms with E-state index < -0.39 is 5.60 Å². The van der Waals surface area contributed by atoms with Crippen molar-refractivity contribution in [1.82, 2.24) is 15.5 Å². The lowest BCUT2D eigenvalue weighted by molar-refractivity contribution is 0.0507. The zero-order valence-electron chi connectivity index (χ0n) is 16.3. The maximum atomic E-state index is 11.9. The molecule has 1 fully saturated rings. The summed E-state index contributed by atoms with van der Waals surface area (Å²) < 4.78 is 10.7. The number of carbonyl (C=O) groups excluding carboxylic acids is 1. The maximum Gasteiger partial charge on any atom is 0.407 e. The predicted molar refractivity (Wildman–Crippen MR) is 114 cm³/mol. The van der Waals surface area contributed by atoms with E-state index >= 15 is 0 Å². The van der Waals surface area contributed by atoms with Crippen molar-refractivity contribution in [1.29, 1.82) is 0 Å². The highest BCUT2D eigenvalue weighted by molar-refractivity contribution is 14.0. The van der Waals surface area contributed by atoms with Gasteiger partial charge in [-0.1, -0.05) is 11.6 Å². The largest absolute Gasteiger partial charge is 0.444 e. The number of aliphatic imine (C=N–C) groups is 1. The van der Waals surface area contributed by atoms with E-state index in [1.54, 1.807) is 7.05 Å². The zero-order chi connectivity index (χ0) is 18.3. The Hall–Kier alpha value is -1.03. The van der Waals surface area contributed by atoms with Crippen molar-refractivity contribution < 1.29 is 14.3 Å². The summed E-state index contributed by atoms with van der Waals surface area (Å²) in [5.41, 5.74) is 0.971. The van der Waals surface area contributed by atoms with Crippen molar-refractivity contribution in [3.05, 3.63) is 11.6 Å². The average Bonchev–Trinajstić information content (AvgIpc) is 2.99. The van der Waals surface area contributed by atoms with Gasteiger partial charge in [-0.15, -0.1) is 24.0 Å². The smallest absolute Gasteiger partial charge is 0.407 e. The predicted octanol–water partition coefficient (Wildman–Crippen LogP) is 2.52. The summed E-state index contributed by atoms with van der Waals surface area (Å²) >= 11 is 0. The van der Waals surface area contributed by atoms with Crippen LogP contribution in [0, 0.1) is 0 Å². The molecule has 0 spiro atoms. The van der Waals surface area contributed by atoms with Gasteiger partial charge in [0.1, 0.15) is 5.60 Å². The second kappa shape index (κ2) is 11.0. The van der Waals surface area contributed by atoms with Gasteiger partial charge >= 0.3 is 6.09 Å². The molecule has 1 atom stereocenters. The van der Waals surface area contributed by atoms with Gasteiger partial charge in [0.15, 0.2) is 5.96 Å². The first-order chi connectivity index (χ1) is 11.9. The molecule has 2 aliphatic rings. The van der Waals surface area contributed by atoms with Crippen LogP contribution in [0.2, 0.25) is 0 Å². The first-order valence-corrected chi connectivity index (χ1v) is 9.08. The average molecular weight is 480 g/mol. The molecular weight excluding hydrogens is 447 g/mol. The lowest BCUT2D eigenvalue weighted by Crippen LogP contribution is -2.44. The van der Waals surface area contributed by atoms with Gasteiger partial charge in [0, 0.05) is 26.7 Å². The van der Waals surface area contributed by atoms with Gasteiger partial charge in [0.05, 0.1) is 19.3 Å². The van der Waals surface area contributed by atoms with E-state index in [1.807, 2.05) is 20.8 Å². The molecule has 0 aromatic heterocycles. The Morgan fingerprint density at radius 1 is 1.46 bits per heavy atom. The Morgan fingerprint density at radius 2 is 2.23 bits per heavy atom. The van der Waals surface area contributed by atoms with Crippen LogP contribution in [0.5, 0.6) is 0 Å². The molecule has 0 aliphatic carbocycles. The molecule has 8 heteroatoms. The highest BCUT2D eigenvalue weighted by Crippen LogP contribution is 2.13. The number of guanidine groups is 1. The number of carbonyl (C=O) groups is 1. The van der Waals surface area contributed by atoms with Crippen molar-refractivity contribution >= 4 is 36.0 Å². The molecule has 1 saturated heterocycles. The van der Waals surface area contributed by atoms with E-state index in [1.165, 1.54) is 5.57 Å². The molecule has 26 heavy (non-hydrogen) atoms. The molecule has 0 saturated carbocycles. The minimum atomic E-state index is -0.473. The molecule has 150 valence electrons. The lowest BCUT2D eigenvalue weighted by Gasteiger charge is -2.23. The van der Waals surface area contributed by atoms with Crippen LogP contribution in [0.15, 0.2) is 16.6 Å². The fourth-order valence-electron chi connectivity index (χ4n) is 3.00. The van der Waals surface area contributed by atoms with Gasteiger partial charge in [-0.25, -0.2) is 4.79 Å². The number of nitrogens with zero attached hydrogens (tertiary/aromatic N) is 2. The monoisotopic (exact) mass is 480 g/mol. The Bertz CT molecular complexity index is 517. The van der Waals surface area contributed by atoms with Crippen molar-refractivity contribution in [2.45, 2.75) is 51.7 Å². The summed E-state index contributed by atoms with van der Waals surface area (Å²) in [6.45, 7) is 9.64. The van der Waals surface area contributed by atoms with Crippen LogP contribution in [0.3, 0.4) is 0 Å². The number of nitrogens with one attached hydrogen (secondary N) is 2. The van der Waals surface area contributed by atoms with E-state index in [-0.39, 0.29) is 36.1 Å². The first-order valence-electron chi connectivity index (χ1n) is 9.08. The molecule has 2 rings (SSSR count). The molecule has 7 nitrogen and oxygen atoms in total. The van der Waals surface area contributed by atoms with Crippen molar-refractivity contribution in [3.8, 4) is 0 Å². The number of hydrogen-bond acceptors (Lipinski definition) is 4. The molecule has 1 amide bonds. The molecular formula is C18H33IN4O3. The molecule has 0 aromatic rings. The van der Waals surface area contributed by atoms with Crippen molar-refractivity contribution in [3.63, 3.8) is 0 Å². The number of ether oxygens (including phenoxy) is 2. The normalized spacial score (nSPS) is 20.9. The Morgan fingerprint density at radius 3 is 2.85 bits per heavy atom. The quantitative estimate of drug-likeness (QED) is 0.280. The first kappa shape index (κ1) is 23.0. The number of rotatable bonds is 4. The molecule has 2 aliphatic heterocycles. The van der Waals surface area contributed by atoms with Crippen LogP contribution in [0.25, 0.3) is 0 Å². The second-order valence-electron chi connectivity index (χ2n) is 7.49. The van der Waals surface area contributed by atoms with Gasteiger partial charge in [-0.05, 0) is 40.0 Å². The van der Waals surface area contributed by atoms with Crippen LogP contribution in [0.4, 0.5) is 4.79 Å². The second-order valence-corrected chi connectivity index (χ2v) is 7.49. The van der Waals surface area contributed by atoms with Crippen LogP contribution >= 0.6 is 24.0 Å². The third-order valence-corrected chi connectivity index (χ3v) is 4.21. The van der Waals surface area contributed by atoms with Gasteiger partial charge in [-0.3, -0.25) is 4.99 Å². The molecule has 1 unspecified atom stereocenters. The zero-order valence-corrected chi connectivity index (χ0v) is 18.7. The molecule has 0 aromatic carbocycles. The highest BCUT2D eigenvalue weighted by atomic mass is 127. The van der Waals surface area contributed by atoms with Gasteiger partial charge in [0.2, 0.25) is 0 Å². The fourth-order valence-corrected chi connectivity index (χ4v) is 3.00. The third kappa shape index (κ3) is 8.11. The van der Waals surface area contributed by atoms with E-state index in [4.69, 9.17) is 9.47 Å². The van der Waals surface area contributed by atoms with E-state index in [0.717, 1.165) is 58.1 Å².